The van der Waals surface area contributed by atoms with Gasteiger partial charge in [-0.2, -0.15) is 0 Å². The van der Waals surface area contributed by atoms with Crippen LogP contribution in [0, 0.1) is 29.1 Å². The molecule has 0 aliphatic carbocycles. The van der Waals surface area contributed by atoms with Crippen molar-refractivity contribution < 1.29 is 84.8 Å². The van der Waals surface area contributed by atoms with E-state index in [1.54, 1.807) is 0 Å². The van der Waals surface area contributed by atoms with Gasteiger partial charge in [-0.3, -0.25) is 0 Å². The largest absolute Gasteiger partial charge is 1.00 e. The van der Waals surface area contributed by atoms with Crippen LogP contribution in [-0.2, 0) is 0 Å². The summed E-state index contributed by atoms with van der Waals surface area (Å²) in [6.07, 6.45) is 0. The van der Waals surface area contributed by atoms with Crippen LogP contribution in [0.15, 0.2) is 0 Å². The molecule has 0 spiro atoms. The number of rotatable bonds is 1. The van der Waals surface area contributed by atoms with Crippen LogP contribution in [0.25, 0.3) is 0 Å². The first-order valence-corrected chi connectivity index (χ1v) is 3.25. The van der Waals surface area contributed by atoms with E-state index in [2.05, 4.69) is 0 Å². The van der Waals surface area contributed by atoms with E-state index in [4.69, 9.17) is 10.0 Å². The zero-order chi connectivity index (χ0) is 11.0. The van der Waals surface area contributed by atoms with E-state index in [0.717, 1.165) is 0 Å². The second kappa shape index (κ2) is 5.71. The predicted molar refractivity (Wildman–Crippen MR) is 37.2 cm³/mol. The molecule has 0 bridgehead atoms. The first-order valence-electron chi connectivity index (χ1n) is 3.25. The minimum absolute atomic E-state index is 0. The standard InChI is InChI=1S/C6H2BF5O2.K.H/c8-2-1(7(13)14)3(9)5(11)6(12)4(2)10;;/h13-14H;;/q;+1;-1. The summed E-state index contributed by atoms with van der Waals surface area (Å²) < 4.78 is 62.4. The molecular formula is C6H3BF5KO2. The fourth-order valence-electron chi connectivity index (χ4n) is 0.849. The monoisotopic (exact) mass is 252 g/mol. The van der Waals surface area contributed by atoms with Gasteiger partial charge in [0.15, 0.2) is 29.1 Å². The van der Waals surface area contributed by atoms with Crippen LogP contribution in [0.5, 0.6) is 0 Å². The van der Waals surface area contributed by atoms with E-state index in [1.165, 1.54) is 0 Å². The molecule has 1 aromatic carbocycles. The SMILES string of the molecule is OB(O)c1c(F)c(F)c(F)c(F)c1F.[H-].[K+]. The molecule has 2 nitrogen and oxygen atoms in total. The number of benzene rings is 1. The van der Waals surface area contributed by atoms with E-state index < -0.39 is 41.7 Å². The second-order valence-electron chi connectivity index (χ2n) is 2.36. The molecule has 0 amide bonds. The van der Waals surface area contributed by atoms with Gasteiger partial charge in [-0.15, -0.1) is 0 Å². The van der Waals surface area contributed by atoms with Gasteiger partial charge < -0.3 is 11.5 Å². The maximum atomic E-state index is 12.6. The van der Waals surface area contributed by atoms with Crippen LogP contribution in [0.2, 0.25) is 0 Å². The third kappa shape index (κ3) is 2.79. The molecule has 0 saturated heterocycles. The molecule has 0 heterocycles. The fraction of sp³-hybridized carbons (Fsp3) is 0. The predicted octanol–water partition coefficient (Wildman–Crippen LogP) is -2.82. The van der Waals surface area contributed by atoms with Gasteiger partial charge >= 0.3 is 58.5 Å². The molecule has 0 saturated carbocycles. The van der Waals surface area contributed by atoms with Gasteiger partial charge in [0.1, 0.15) is 0 Å². The van der Waals surface area contributed by atoms with Crippen molar-refractivity contribution in [3.63, 3.8) is 0 Å². The summed E-state index contributed by atoms with van der Waals surface area (Å²) in [6, 6.07) is 0. The van der Waals surface area contributed by atoms with Gasteiger partial charge in [0.2, 0.25) is 0 Å². The summed E-state index contributed by atoms with van der Waals surface area (Å²) in [7, 11) is -2.76. The molecule has 78 valence electrons. The van der Waals surface area contributed by atoms with Crippen molar-refractivity contribution in [3.8, 4) is 0 Å². The van der Waals surface area contributed by atoms with Crippen molar-refractivity contribution in [2.24, 2.45) is 0 Å². The quantitative estimate of drug-likeness (QED) is 0.245. The Balaban J connectivity index is 0. The van der Waals surface area contributed by atoms with Crippen LogP contribution in [-0.4, -0.2) is 17.2 Å². The fourth-order valence-corrected chi connectivity index (χ4v) is 0.849. The Morgan fingerprint density at radius 3 is 1.27 bits per heavy atom. The van der Waals surface area contributed by atoms with Gasteiger partial charge in [-0.1, -0.05) is 0 Å². The van der Waals surface area contributed by atoms with Crippen molar-refractivity contribution in [1.82, 2.24) is 0 Å². The normalized spacial score (nSPS) is 9.80. The Morgan fingerprint density at radius 2 is 1.00 bits per heavy atom. The Morgan fingerprint density at radius 1 is 0.733 bits per heavy atom. The zero-order valence-electron chi connectivity index (χ0n) is 8.36. The number of hydrogen-bond donors (Lipinski definition) is 2. The van der Waals surface area contributed by atoms with Gasteiger partial charge in [-0.05, 0) is 0 Å². The second-order valence-corrected chi connectivity index (χ2v) is 2.36. The van der Waals surface area contributed by atoms with E-state index in [0.29, 0.717) is 0 Å². The minimum atomic E-state index is -2.76. The third-order valence-corrected chi connectivity index (χ3v) is 1.50. The van der Waals surface area contributed by atoms with E-state index in [1.807, 2.05) is 0 Å². The van der Waals surface area contributed by atoms with Crippen LogP contribution in [0.3, 0.4) is 0 Å². The Bertz CT molecular complexity index is 363. The summed E-state index contributed by atoms with van der Waals surface area (Å²) >= 11 is 0. The summed E-state index contributed by atoms with van der Waals surface area (Å²) in [5, 5.41) is 16.7. The Hall–Kier alpha value is 0.491. The van der Waals surface area contributed by atoms with E-state index >= 15 is 0 Å². The van der Waals surface area contributed by atoms with Crippen molar-refractivity contribution in [2.45, 2.75) is 0 Å². The molecule has 1 rings (SSSR count). The van der Waals surface area contributed by atoms with Crippen molar-refractivity contribution in [1.29, 1.82) is 0 Å². The Kier molecular flexibility index (Phi) is 5.90. The smallest absolute Gasteiger partial charge is 1.00 e. The maximum absolute atomic E-state index is 12.6. The minimum Gasteiger partial charge on any atom is -1.00 e. The average molecular weight is 252 g/mol. The molecule has 0 unspecified atom stereocenters. The topological polar surface area (TPSA) is 40.5 Å². The molecule has 0 radical (unpaired) electrons. The van der Waals surface area contributed by atoms with E-state index in [-0.39, 0.29) is 52.8 Å². The Labute approximate surface area is 125 Å². The molecule has 0 aliphatic heterocycles. The van der Waals surface area contributed by atoms with Gasteiger partial charge in [0, 0.05) is 0 Å². The molecule has 0 atom stereocenters. The number of hydrogen-bond acceptors (Lipinski definition) is 2. The van der Waals surface area contributed by atoms with E-state index in [9.17, 15) is 22.0 Å². The van der Waals surface area contributed by atoms with Crippen LogP contribution in [0.4, 0.5) is 22.0 Å². The molecule has 15 heavy (non-hydrogen) atoms. The summed E-state index contributed by atoms with van der Waals surface area (Å²) in [6.45, 7) is 0. The summed E-state index contributed by atoms with van der Waals surface area (Å²) in [4.78, 5) is 0. The molecule has 9 heteroatoms. The van der Waals surface area contributed by atoms with Crippen LogP contribution >= 0.6 is 0 Å². The van der Waals surface area contributed by atoms with Crippen LogP contribution in [0.1, 0.15) is 1.43 Å². The first kappa shape index (κ1) is 15.5. The van der Waals surface area contributed by atoms with Crippen LogP contribution < -0.4 is 56.8 Å². The van der Waals surface area contributed by atoms with Gasteiger partial charge in [0.05, 0.1) is 5.46 Å². The van der Waals surface area contributed by atoms with Gasteiger partial charge in [0.25, 0.3) is 0 Å². The third-order valence-electron chi connectivity index (χ3n) is 1.50. The molecule has 1 aromatic rings. The maximum Gasteiger partial charge on any atom is 1.00 e. The van der Waals surface area contributed by atoms with Crippen molar-refractivity contribution >= 4 is 12.6 Å². The first-order chi connectivity index (χ1) is 6.37. The number of halogens is 5. The summed E-state index contributed by atoms with van der Waals surface area (Å²) in [5.74, 6) is -11.3. The average Bonchev–Trinajstić information content (AvgIpc) is 2.11. The summed E-state index contributed by atoms with van der Waals surface area (Å²) in [5.41, 5.74) is -1.67. The molecule has 0 fully saturated rings. The molecule has 2 N–H and O–H groups in total. The zero-order valence-corrected chi connectivity index (χ0v) is 10.5. The molecule has 0 aromatic heterocycles. The van der Waals surface area contributed by atoms with Crippen molar-refractivity contribution in [2.75, 3.05) is 0 Å². The van der Waals surface area contributed by atoms with Gasteiger partial charge in [-0.25, -0.2) is 22.0 Å². The van der Waals surface area contributed by atoms with Crippen molar-refractivity contribution in [3.05, 3.63) is 29.1 Å². The molecular weight excluding hydrogens is 249 g/mol. The molecule has 0 aliphatic rings.